The molecule has 0 fully saturated rings. The summed E-state index contributed by atoms with van der Waals surface area (Å²) < 4.78 is 25.0. The predicted octanol–water partition coefficient (Wildman–Crippen LogP) is 1.14. The highest BCUT2D eigenvalue weighted by atomic mass is 32.2. The first-order valence-electron chi connectivity index (χ1n) is 5.68. The van der Waals surface area contributed by atoms with E-state index in [1.54, 1.807) is 6.92 Å². The van der Waals surface area contributed by atoms with Crippen LogP contribution >= 0.6 is 0 Å². The molecule has 1 aromatic carbocycles. The molecule has 1 heterocycles. The molecule has 0 amide bonds. The van der Waals surface area contributed by atoms with Crippen molar-refractivity contribution in [3.8, 4) is 0 Å². The van der Waals surface area contributed by atoms with Crippen molar-refractivity contribution >= 4 is 20.9 Å². The molecule has 0 aliphatic carbocycles. The Bertz CT molecular complexity index is 689. The van der Waals surface area contributed by atoms with Crippen LogP contribution in [0.25, 0.3) is 11.0 Å². The minimum absolute atomic E-state index is 0.456. The maximum atomic E-state index is 11.6. The normalized spacial score (nSPS) is 14.0. The third kappa shape index (κ3) is 2.13. The summed E-state index contributed by atoms with van der Waals surface area (Å²) in [6.07, 6.45) is 1.22. The number of nitrogens with zero attached hydrogens (tertiary/aromatic N) is 2. The Kier molecular flexibility index (Phi) is 3.16. The maximum absolute atomic E-state index is 11.6. The zero-order valence-electron chi connectivity index (χ0n) is 10.7. The van der Waals surface area contributed by atoms with Gasteiger partial charge in [-0.1, -0.05) is 6.07 Å². The predicted molar refractivity (Wildman–Crippen MR) is 71.9 cm³/mol. The molecule has 18 heavy (non-hydrogen) atoms. The summed E-state index contributed by atoms with van der Waals surface area (Å²) in [7, 11) is -1.32. The number of benzene rings is 1. The van der Waals surface area contributed by atoms with Crippen LogP contribution in [0.2, 0.25) is 0 Å². The molecule has 0 spiro atoms. The van der Waals surface area contributed by atoms with E-state index in [0.717, 1.165) is 16.6 Å². The summed E-state index contributed by atoms with van der Waals surface area (Å²) in [5.41, 5.74) is 8.30. The summed E-state index contributed by atoms with van der Waals surface area (Å²) in [5.74, 6) is 0.557. The van der Waals surface area contributed by atoms with Crippen LogP contribution in [0.5, 0.6) is 0 Å². The van der Waals surface area contributed by atoms with E-state index in [1.807, 2.05) is 29.8 Å². The first-order chi connectivity index (χ1) is 8.34. The van der Waals surface area contributed by atoms with Gasteiger partial charge in [-0.15, -0.1) is 0 Å². The van der Waals surface area contributed by atoms with Gasteiger partial charge in [0.2, 0.25) is 0 Å². The zero-order valence-corrected chi connectivity index (χ0v) is 11.5. The van der Waals surface area contributed by atoms with Crippen LogP contribution in [0.4, 0.5) is 0 Å². The monoisotopic (exact) mass is 267 g/mol. The summed E-state index contributed by atoms with van der Waals surface area (Å²) in [6.45, 7) is 2.11. The summed E-state index contributed by atoms with van der Waals surface area (Å²) >= 11 is 0. The standard InChI is InChI=1S/C12H17N3O2S/c1-8(18(3,16)17)12-14-10-5-4-9(7-13)6-11(10)15(12)2/h4-6,8H,7,13H2,1-3H3. The SMILES string of the molecule is CC(c1nc2ccc(CN)cc2n1C)S(C)(=O)=O. The lowest BCUT2D eigenvalue weighted by atomic mass is 10.2. The summed E-state index contributed by atoms with van der Waals surface area (Å²) in [5, 5.41) is -0.615. The van der Waals surface area contributed by atoms with Gasteiger partial charge in [0.15, 0.2) is 9.84 Å². The third-order valence-electron chi connectivity index (χ3n) is 3.22. The molecular formula is C12H17N3O2S. The van der Waals surface area contributed by atoms with Crippen LogP contribution in [-0.4, -0.2) is 24.2 Å². The smallest absolute Gasteiger partial charge is 0.157 e. The van der Waals surface area contributed by atoms with Crippen molar-refractivity contribution in [3.63, 3.8) is 0 Å². The van der Waals surface area contributed by atoms with E-state index in [2.05, 4.69) is 4.98 Å². The number of hydrogen-bond acceptors (Lipinski definition) is 4. The maximum Gasteiger partial charge on any atom is 0.157 e. The molecule has 0 saturated heterocycles. The van der Waals surface area contributed by atoms with Gasteiger partial charge in [-0.05, 0) is 24.6 Å². The van der Waals surface area contributed by atoms with E-state index in [-0.39, 0.29) is 0 Å². The molecule has 0 aliphatic heterocycles. The Labute approximate surface area is 107 Å². The fraction of sp³-hybridized carbons (Fsp3) is 0.417. The molecule has 0 bridgehead atoms. The Balaban J connectivity index is 2.64. The van der Waals surface area contributed by atoms with E-state index in [0.29, 0.717) is 12.4 Å². The van der Waals surface area contributed by atoms with Crippen molar-refractivity contribution in [2.24, 2.45) is 12.8 Å². The average molecular weight is 267 g/mol. The Morgan fingerprint density at radius 3 is 2.67 bits per heavy atom. The largest absolute Gasteiger partial charge is 0.330 e. The number of imidazole rings is 1. The van der Waals surface area contributed by atoms with Crippen LogP contribution in [0.3, 0.4) is 0 Å². The van der Waals surface area contributed by atoms with E-state index in [4.69, 9.17) is 5.73 Å². The summed E-state index contributed by atoms with van der Waals surface area (Å²) in [6, 6.07) is 5.72. The number of aromatic nitrogens is 2. The van der Waals surface area contributed by atoms with Gasteiger partial charge in [0.25, 0.3) is 0 Å². The van der Waals surface area contributed by atoms with Gasteiger partial charge in [-0.2, -0.15) is 0 Å². The number of fused-ring (bicyclic) bond motifs is 1. The van der Waals surface area contributed by atoms with E-state index < -0.39 is 15.1 Å². The first kappa shape index (κ1) is 13.0. The molecule has 2 rings (SSSR count). The lowest BCUT2D eigenvalue weighted by Gasteiger charge is -2.09. The van der Waals surface area contributed by atoms with Crippen molar-refractivity contribution < 1.29 is 8.42 Å². The van der Waals surface area contributed by atoms with Crippen molar-refractivity contribution in [2.75, 3.05) is 6.26 Å². The van der Waals surface area contributed by atoms with Gasteiger partial charge in [-0.25, -0.2) is 13.4 Å². The van der Waals surface area contributed by atoms with Crippen molar-refractivity contribution in [3.05, 3.63) is 29.6 Å². The second-order valence-corrected chi connectivity index (χ2v) is 6.89. The highest BCUT2D eigenvalue weighted by Gasteiger charge is 2.23. The molecule has 0 aliphatic rings. The third-order valence-corrected chi connectivity index (χ3v) is 4.72. The fourth-order valence-corrected chi connectivity index (χ4v) is 2.53. The number of sulfone groups is 1. The van der Waals surface area contributed by atoms with E-state index >= 15 is 0 Å². The van der Waals surface area contributed by atoms with E-state index in [9.17, 15) is 8.42 Å². The molecule has 0 saturated carbocycles. The topological polar surface area (TPSA) is 78.0 Å². The highest BCUT2D eigenvalue weighted by Crippen LogP contribution is 2.24. The molecule has 1 unspecified atom stereocenters. The Hall–Kier alpha value is -1.40. The molecule has 6 heteroatoms. The van der Waals surface area contributed by atoms with Gasteiger partial charge < -0.3 is 10.3 Å². The first-order valence-corrected chi connectivity index (χ1v) is 7.64. The molecule has 0 radical (unpaired) electrons. The fourth-order valence-electron chi connectivity index (χ4n) is 1.94. The van der Waals surface area contributed by atoms with Crippen LogP contribution in [0.1, 0.15) is 23.6 Å². The minimum Gasteiger partial charge on any atom is -0.330 e. The van der Waals surface area contributed by atoms with Gasteiger partial charge in [0, 0.05) is 19.8 Å². The molecule has 1 atom stereocenters. The molecule has 5 nitrogen and oxygen atoms in total. The highest BCUT2D eigenvalue weighted by molar-refractivity contribution is 7.90. The van der Waals surface area contributed by atoms with E-state index in [1.165, 1.54) is 6.26 Å². The summed E-state index contributed by atoms with van der Waals surface area (Å²) in [4.78, 5) is 4.40. The second-order valence-electron chi connectivity index (χ2n) is 4.53. The van der Waals surface area contributed by atoms with Crippen molar-refractivity contribution in [1.82, 2.24) is 9.55 Å². The Morgan fingerprint density at radius 1 is 1.44 bits per heavy atom. The van der Waals surface area contributed by atoms with Crippen molar-refractivity contribution in [1.29, 1.82) is 0 Å². The molecule has 2 aromatic rings. The van der Waals surface area contributed by atoms with Gasteiger partial charge >= 0.3 is 0 Å². The van der Waals surface area contributed by atoms with Crippen molar-refractivity contribution in [2.45, 2.75) is 18.7 Å². The lowest BCUT2D eigenvalue weighted by molar-refractivity contribution is 0.587. The number of nitrogens with two attached hydrogens (primary N) is 1. The quantitative estimate of drug-likeness (QED) is 0.904. The Morgan fingerprint density at radius 2 is 2.11 bits per heavy atom. The average Bonchev–Trinajstić information content (AvgIpc) is 2.64. The number of aryl methyl sites for hydroxylation is 1. The van der Waals surface area contributed by atoms with Gasteiger partial charge in [0.05, 0.1) is 11.0 Å². The van der Waals surface area contributed by atoms with Crippen LogP contribution in [0.15, 0.2) is 18.2 Å². The minimum atomic E-state index is -3.15. The van der Waals surface area contributed by atoms with Crippen LogP contribution in [-0.2, 0) is 23.4 Å². The van der Waals surface area contributed by atoms with Crippen LogP contribution in [0, 0.1) is 0 Å². The molecule has 98 valence electrons. The zero-order chi connectivity index (χ0) is 13.5. The molecule has 1 aromatic heterocycles. The van der Waals surface area contributed by atoms with Gasteiger partial charge in [0.1, 0.15) is 11.1 Å². The van der Waals surface area contributed by atoms with Gasteiger partial charge in [-0.3, -0.25) is 0 Å². The number of hydrogen-bond donors (Lipinski definition) is 1. The van der Waals surface area contributed by atoms with Crippen LogP contribution < -0.4 is 5.73 Å². The molecule has 2 N–H and O–H groups in total. The molecular weight excluding hydrogens is 250 g/mol. The number of rotatable bonds is 3. The lowest BCUT2D eigenvalue weighted by Crippen LogP contribution is -2.12. The second kappa shape index (κ2) is 4.37.